The van der Waals surface area contributed by atoms with Gasteiger partial charge in [0.2, 0.25) is 5.56 Å². The molecule has 0 saturated heterocycles. The van der Waals surface area contributed by atoms with Crippen molar-refractivity contribution in [2.75, 3.05) is 4.43 Å². The van der Waals surface area contributed by atoms with Gasteiger partial charge < -0.3 is 10.3 Å². The third-order valence-electron chi connectivity index (χ3n) is 2.32. The molecule has 0 aliphatic heterocycles. The molecule has 0 aliphatic rings. The van der Waals surface area contributed by atoms with Gasteiger partial charge in [0.25, 0.3) is 5.91 Å². The fourth-order valence-electron chi connectivity index (χ4n) is 1.22. The van der Waals surface area contributed by atoms with Crippen LogP contribution < -0.4 is 10.9 Å². The van der Waals surface area contributed by atoms with Gasteiger partial charge in [0.1, 0.15) is 0 Å². The highest BCUT2D eigenvalue weighted by atomic mass is 127. The minimum absolute atomic E-state index is 0.132. The summed E-state index contributed by atoms with van der Waals surface area (Å²) in [4.78, 5) is 25.3. The highest BCUT2D eigenvalue weighted by Gasteiger charge is 2.15. The van der Waals surface area contributed by atoms with Gasteiger partial charge in [0.05, 0.1) is 0 Å². The first kappa shape index (κ1) is 13.2. The second-order valence-electron chi connectivity index (χ2n) is 3.92. The number of pyridine rings is 1. The normalized spacial score (nSPS) is 12.5. The monoisotopic (exact) mass is 334 g/mol. The third kappa shape index (κ3) is 3.62. The molecular formula is C11H15IN2O2. The number of rotatable bonds is 4. The zero-order valence-electron chi connectivity index (χ0n) is 9.29. The number of alkyl halides is 1. The number of nitrogens with one attached hydrogen (secondary N) is 2. The lowest BCUT2D eigenvalue weighted by atomic mass is 10.1. The molecule has 1 amide bonds. The first-order valence-electron chi connectivity index (χ1n) is 5.10. The molecule has 1 atom stereocenters. The number of hydrogen-bond acceptors (Lipinski definition) is 2. The smallest absolute Gasteiger partial charge is 0.251 e. The summed E-state index contributed by atoms with van der Waals surface area (Å²) in [7, 11) is 0. The van der Waals surface area contributed by atoms with Crippen molar-refractivity contribution < 1.29 is 4.79 Å². The van der Waals surface area contributed by atoms with Crippen LogP contribution in [0.4, 0.5) is 0 Å². The van der Waals surface area contributed by atoms with Crippen LogP contribution in [0, 0.1) is 5.92 Å². The van der Waals surface area contributed by atoms with E-state index in [-0.39, 0.29) is 17.5 Å². The summed E-state index contributed by atoms with van der Waals surface area (Å²) in [5.74, 6) is 0.185. The Morgan fingerprint density at radius 2 is 2.25 bits per heavy atom. The third-order valence-corrected chi connectivity index (χ3v) is 3.27. The highest BCUT2D eigenvalue weighted by Crippen LogP contribution is 2.06. The van der Waals surface area contributed by atoms with E-state index in [1.165, 1.54) is 12.3 Å². The maximum atomic E-state index is 11.8. The molecule has 0 fully saturated rings. The van der Waals surface area contributed by atoms with E-state index in [0.717, 1.165) is 4.43 Å². The Kier molecular flexibility index (Phi) is 4.98. The molecule has 0 bridgehead atoms. The van der Waals surface area contributed by atoms with Crippen LogP contribution in [0.25, 0.3) is 0 Å². The molecule has 1 heterocycles. The van der Waals surface area contributed by atoms with E-state index in [0.29, 0.717) is 11.5 Å². The summed E-state index contributed by atoms with van der Waals surface area (Å²) < 4.78 is 0.852. The van der Waals surface area contributed by atoms with E-state index in [1.54, 1.807) is 6.07 Å². The first-order valence-corrected chi connectivity index (χ1v) is 6.62. The van der Waals surface area contributed by atoms with Gasteiger partial charge in [-0.15, -0.1) is 0 Å². The summed E-state index contributed by atoms with van der Waals surface area (Å²) in [6.45, 7) is 4.11. The van der Waals surface area contributed by atoms with Crippen LogP contribution in [0.1, 0.15) is 24.2 Å². The first-order chi connectivity index (χ1) is 7.54. The molecule has 5 heteroatoms. The fourth-order valence-corrected chi connectivity index (χ4v) is 2.46. The highest BCUT2D eigenvalue weighted by molar-refractivity contribution is 14.1. The van der Waals surface area contributed by atoms with Crippen LogP contribution in [0.5, 0.6) is 0 Å². The van der Waals surface area contributed by atoms with Crippen LogP contribution in [-0.4, -0.2) is 21.4 Å². The summed E-state index contributed by atoms with van der Waals surface area (Å²) in [5.41, 5.74) is 0.141. The van der Waals surface area contributed by atoms with Gasteiger partial charge in [-0.05, 0) is 12.0 Å². The lowest BCUT2D eigenvalue weighted by Gasteiger charge is -2.19. The lowest BCUT2D eigenvalue weighted by molar-refractivity contribution is 0.0932. The Labute approximate surface area is 108 Å². The average molecular weight is 334 g/mol. The number of halogens is 1. The molecule has 2 N–H and O–H groups in total. The second-order valence-corrected chi connectivity index (χ2v) is 4.80. The van der Waals surface area contributed by atoms with Gasteiger partial charge >= 0.3 is 0 Å². The van der Waals surface area contributed by atoms with E-state index >= 15 is 0 Å². The molecule has 4 nitrogen and oxygen atoms in total. The molecule has 1 aromatic heterocycles. The Bertz CT molecular complexity index is 414. The number of carbonyl (C=O) groups excluding carboxylic acids is 1. The van der Waals surface area contributed by atoms with Gasteiger partial charge in [-0.3, -0.25) is 9.59 Å². The Balaban J connectivity index is 2.75. The van der Waals surface area contributed by atoms with Crippen molar-refractivity contribution in [3.63, 3.8) is 0 Å². The van der Waals surface area contributed by atoms with Crippen molar-refractivity contribution in [2.45, 2.75) is 19.9 Å². The van der Waals surface area contributed by atoms with Crippen molar-refractivity contribution in [3.8, 4) is 0 Å². The summed E-state index contributed by atoms with van der Waals surface area (Å²) in [6, 6.07) is 3.04. The predicted octanol–water partition coefficient (Wildman–Crippen LogP) is 1.56. The van der Waals surface area contributed by atoms with E-state index in [4.69, 9.17) is 0 Å². The zero-order chi connectivity index (χ0) is 12.1. The quantitative estimate of drug-likeness (QED) is 0.649. The fraction of sp³-hybridized carbons (Fsp3) is 0.455. The second kappa shape index (κ2) is 6.03. The summed E-state index contributed by atoms with van der Waals surface area (Å²) in [6.07, 6.45) is 1.48. The predicted molar refractivity (Wildman–Crippen MR) is 72.0 cm³/mol. The maximum Gasteiger partial charge on any atom is 0.251 e. The van der Waals surface area contributed by atoms with E-state index in [1.807, 2.05) is 0 Å². The van der Waals surface area contributed by atoms with Crippen LogP contribution in [0.15, 0.2) is 23.1 Å². The number of amides is 1. The van der Waals surface area contributed by atoms with Gasteiger partial charge in [-0.25, -0.2) is 0 Å². The minimum atomic E-state index is -0.261. The van der Waals surface area contributed by atoms with Crippen molar-refractivity contribution in [2.24, 2.45) is 5.92 Å². The lowest BCUT2D eigenvalue weighted by Crippen LogP contribution is -2.40. The maximum absolute atomic E-state index is 11.8. The van der Waals surface area contributed by atoms with E-state index in [9.17, 15) is 9.59 Å². The molecule has 0 spiro atoms. The Morgan fingerprint density at radius 1 is 1.56 bits per heavy atom. The molecule has 1 unspecified atom stereocenters. The molecule has 1 aromatic rings. The molecule has 88 valence electrons. The van der Waals surface area contributed by atoms with E-state index < -0.39 is 0 Å². The van der Waals surface area contributed by atoms with E-state index in [2.05, 4.69) is 46.7 Å². The molecular weight excluding hydrogens is 319 g/mol. The number of carbonyl (C=O) groups is 1. The molecule has 0 radical (unpaired) electrons. The van der Waals surface area contributed by atoms with Crippen LogP contribution >= 0.6 is 22.6 Å². The average Bonchev–Trinajstić information content (AvgIpc) is 2.25. The standard InChI is InChI=1S/C11H15IN2O2/c1-7(2)9(6-12)14-11(16)8-3-4-13-10(15)5-8/h3-5,7,9H,6H2,1-2H3,(H,13,15)(H,14,16). The number of aromatic nitrogens is 1. The van der Waals surface area contributed by atoms with Gasteiger partial charge in [0, 0.05) is 28.3 Å². The molecule has 0 aromatic carbocycles. The van der Waals surface area contributed by atoms with Crippen LogP contribution in [-0.2, 0) is 0 Å². The van der Waals surface area contributed by atoms with Crippen molar-refractivity contribution in [1.82, 2.24) is 10.3 Å². The summed E-state index contributed by atoms with van der Waals surface area (Å²) >= 11 is 2.24. The molecule has 0 saturated carbocycles. The molecule has 1 rings (SSSR count). The Morgan fingerprint density at radius 3 is 2.75 bits per heavy atom. The SMILES string of the molecule is CC(C)C(CI)NC(=O)c1cc[nH]c(=O)c1. The van der Waals surface area contributed by atoms with Gasteiger partial charge in [0.15, 0.2) is 0 Å². The van der Waals surface area contributed by atoms with Crippen molar-refractivity contribution in [1.29, 1.82) is 0 Å². The van der Waals surface area contributed by atoms with Crippen LogP contribution in [0.2, 0.25) is 0 Å². The number of hydrogen-bond donors (Lipinski definition) is 2. The minimum Gasteiger partial charge on any atom is -0.348 e. The summed E-state index contributed by atoms with van der Waals surface area (Å²) in [5, 5.41) is 2.91. The van der Waals surface area contributed by atoms with Crippen LogP contribution in [0.3, 0.4) is 0 Å². The number of H-pyrrole nitrogens is 1. The van der Waals surface area contributed by atoms with Crippen molar-refractivity contribution in [3.05, 3.63) is 34.2 Å². The van der Waals surface area contributed by atoms with Crippen molar-refractivity contribution >= 4 is 28.5 Å². The Hall–Kier alpha value is -0.850. The zero-order valence-corrected chi connectivity index (χ0v) is 11.4. The van der Waals surface area contributed by atoms with Gasteiger partial charge in [-0.1, -0.05) is 36.4 Å². The van der Waals surface area contributed by atoms with Gasteiger partial charge in [-0.2, -0.15) is 0 Å². The largest absolute Gasteiger partial charge is 0.348 e. The molecule has 0 aliphatic carbocycles. The molecule has 16 heavy (non-hydrogen) atoms. The number of aromatic amines is 1. The topological polar surface area (TPSA) is 62.0 Å².